The van der Waals surface area contributed by atoms with Gasteiger partial charge in [0.05, 0.1) is 23.4 Å². The zero-order valence-corrected chi connectivity index (χ0v) is 12.1. The monoisotopic (exact) mass is 274 g/mol. The number of aryl methyl sites for hydroxylation is 1. The van der Waals surface area contributed by atoms with Crippen molar-refractivity contribution in [2.24, 2.45) is 13.0 Å². The second-order valence-electron chi connectivity index (χ2n) is 5.63. The van der Waals surface area contributed by atoms with Crippen LogP contribution in [0.4, 0.5) is 0 Å². The summed E-state index contributed by atoms with van der Waals surface area (Å²) in [4.78, 5) is 0. The van der Waals surface area contributed by atoms with Crippen LogP contribution >= 0.6 is 0 Å². The molecule has 1 saturated heterocycles. The maximum Gasteiger partial charge on any atom is 0.0729 e. The number of benzene rings is 1. The molecular weight excluding hydrogens is 252 g/mol. The predicted molar refractivity (Wildman–Crippen MR) is 78.6 cm³/mol. The molecule has 0 amide bonds. The maximum absolute atomic E-state index is 10.5. The third-order valence-electron chi connectivity index (χ3n) is 4.39. The van der Waals surface area contributed by atoms with Crippen LogP contribution in [0.2, 0.25) is 0 Å². The largest absolute Gasteiger partial charge is 0.392 e. The molecule has 1 fully saturated rings. The minimum Gasteiger partial charge on any atom is -0.392 e. The Hall–Kier alpha value is -1.39. The molecular formula is C16H22N2O2. The third-order valence-corrected chi connectivity index (χ3v) is 4.39. The molecule has 0 bridgehead atoms. The van der Waals surface area contributed by atoms with E-state index in [4.69, 9.17) is 4.74 Å². The van der Waals surface area contributed by atoms with Gasteiger partial charge in [0, 0.05) is 31.4 Å². The fourth-order valence-electron chi connectivity index (χ4n) is 3.31. The molecule has 20 heavy (non-hydrogen) atoms. The first-order chi connectivity index (χ1) is 9.70. The smallest absolute Gasteiger partial charge is 0.0729 e. The van der Waals surface area contributed by atoms with E-state index in [1.54, 1.807) is 0 Å². The van der Waals surface area contributed by atoms with Crippen LogP contribution in [0.3, 0.4) is 0 Å². The minimum absolute atomic E-state index is 0.194. The van der Waals surface area contributed by atoms with E-state index in [1.165, 1.54) is 0 Å². The standard InChI is InChI=1S/C16H22N2O2/c1-3-16-12(8-9-20-16)15(19)10-13-11-6-4-5-7-14(11)18(2)17-13/h4-7,12,15-16,19H,3,8-10H2,1-2H3. The van der Waals surface area contributed by atoms with Gasteiger partial charge >= 0.3 is 0 Å². The van der Waals surface area contributed by atoms with Crippen LogP contribution in [0.15, 0.2) is 24.3 Å². The van der Waals surface area contributed by atoms with Crippen LogP contribution in [-0.4, -0.2) is 33.7 Å². The average molecular weight is 274 g/mol. The summed E-state index contributed by atoms with van der Waals surface area (Å²) < 4.78 is 7.57. The number of nitrogens with zero attached hydrogens (tertiary/aromatic N) is 2. The lowest BCUT2D eigenvalue weighted by Crippen LogP contribution is -2.29. The van der Waals surface area contributed by atoms with E-state index in [1.807, 2.05) is 23.9 Å². The highest BCUT2D eigenvalue weighted by Crippen LogP contribution is 2.29. The molecule has 108 valence electrons. The molecule has 4 heteroatoms. The number of para-hydroxylation sites is 1. The molecule has 0 aliphatic carbocycles. The first-order valence-corrected chi connectivity index (χ1v) is 7.41. The van der Waals surface area contributed by atoms with Crippen molar-refractivity contribution < 1.29 is 9.84 Å². The van der Waals surface area contributed by atoms with Gasteiger partial charge in [-0.15, -0.1) is 0 Å². The summed E-state index contributed by atoms with van der Waals surface area (Å²) in [6, 6.07) is 8.17. The lowest BCUT2D eigenvalue weighted by Gasteiger charge is -2.22. The van der Waals surface area contributed by atoms with Crippen molar-refractivity contribution in [2.45, 2.75) is 38.4 Å². The van der Waals surface area contributed by atoms with Gasteiger partial charge in [-0.2, -0.15) is 5.10 Å². The molecule has 1 aromatic heterocycles. The van der Waals surface area contributed by atoms with Gasteiger partial charge in [-0.25, -0.2) is 0 Å². The Morgan fingerprint density at radius 2 is 2.25 bits per heavy atom. The van der Waals surface area contributed by atoms with Crippen LogP contribution in [0.25, 0.3) is 10.9 Å². The van der Waals surface area contributed by atoms with E-state index < -0.39 is 0 Å². The summed E-state index contributed by atoms with van der Waals surface area (Å²) in [6.45, 7) is 2.88. The maximum atomic E-state index is 10.5. The average Bonchev–Trinajstić information content (AvgIpc) is 3.05. The lowest BCUT2D eigenvalue weighted by atomic mass is 9.90. The number of aromatic nitrogens is 2. The number of aliphatic hydroxyl groups excluding tert-OH is 1. The Kier molecular flexibility index (Phi) is 3.76. The normalized spacial score (nSPS) is 24.4. The third kappa shape index (κ3) is 2.34. The number of fused-ring (bicyclic) bond motifs is 1. The van der Waals surface area contributed by atoms with Gasteiger partial charge in [-0.1, -0.05) is 25.1 Å². The van der Waals surface area contributed by atoms with Gasteiger partial charge < -0.3 is 9.84 Å². The molecule has 2 heterocycles. The molecule has 3 unspecified atom stereocenters. The fourth-order valence-corrected chi connectivity index (χ4v) is 3.31. The van der Waals surface area contributed by atoms with E-state index in [2.05, 4.69) is 24.2 Å². The summed E-state index contributed by atoms with van der Waals surface area (Å²) in [6.07, 6.45) is 2.34. The fraction of sp³-hybridized carbons (Fsp3) is 0.562. The van der Waals surface area contributed by atoms with Crippen molar-refractivity contribution in [2.75, 3.05) is 6.61 Å². The first kappa shape index (κ1) is 13.6. The summed E-state index contributed by atoms with van der Waals surface area (Å²) in [7, 11) is 1.95. The van der Waals surface area contributed by atoms with Crippen LogP contribution < -0.4 is 0 Å². The second kappa shape index (κ2) is 5.54. The number of rotatable bonds is 4. The number of ether oxygens (including phenoxy) is 1. The van der Waals surface area contributed by atoms with Crippen molar-refractivity contribution in [1.82, 2.24) is 9.78 Å². The van der Waals surface area contributed by atoms with Crippen LogP contribution in [-0.2, 0) is 18.2 Å². The number of hydrogen-bond donors (Lipinski definition) is 1. The molecule has 0 radical (unpaired) electrons. The quantitative estimate of drug-likeness (QED) is 0.930. The lowest BCUT2D eigenvalue weighted by molar-refractivity contribution is 0.0314. The van der Waals surface area contributed by atoms with Crippen LogP contribution in [0, 0.1) is 5.92 Å². The Labute approximate surface area is 119 Å². The first-order valence-electron chi connectivity index (χ1n) is 7.41. The second-order valence-corrected chi connectivity index (χ2v) is 5.63. The highest BCUT2D eigenvalue weighted by atomic mass is 16.5. The SMILES string of the molecule is CCC1OCCC1C(O)Cc1nn(C)c2ccccc12. The summed E-state index contributed by atoms with van der Waals surface area (Å²) in [5, 5.41) is 16.3. The van der Waals surface area contributed by atoms with Crippen molar-refractivity contribution in [3.63, 3.8) is 0 Å². The van der Waals surface area contributed by atoms with Gasteiger partial charge in [0.15, 0.2) is 0 Å². The Morgan fingerprint density at radius 1 is 1.45 bits per heavy atom. The van der Waals surface area contributed by atoms with Crippen molar-refractivity contribution in [3.8, 4) is 0 Å². The molecule has 1 aliphatic heterocycles. The van der Waals surface area contributed by atoms with E-state index in [0.29, 0.717) is 6.42 Å². The Bertz CT molecular complexity index is 593. The number of aliphatic hydroxyl groups is 1. The molecule has 0 saturated carbocycles. The topological polar surface area (TPSA) is 47.3 Å². The zero-order valence-electron chi connectivity index (χ0n) is 12.1. The van der Waals surface area contributed by atoms with Gasteiger partial charge in [0.2, 0.25) is 0 Å². The molecule has 4 nitrogen and oxygen atoms in total. The molecule has 1 N–H and O–H groups in total. The minimum atomic E-state index is -0.374. The van der Waals surface area contributed by atoms with E-state index >= 15 is 0 Å². The molecule has 0 spiro atoms. The van der Waals surface area contributed by atoms with Gasteiger partial charge in [0.25, 0.3) is 0 Å². The van der Waals surface area contributed by atoms with Gasteiger partial charge in [-0.3, -0.25) is 4.68 Å². The van der Waals surface area contributed by atoms with E-state index in [0.717, 1.165) is 36.0 Å². The predicted octanol–water partition coefficient (Wildman–Crippen LogP) is 2.29. The molecule has 1 aliphatic rings. The molecule has 3 atom stereocenters. The molecule has 3 rings (SSSR count). The summed E-state index contributed by atoms with van der Waals surface area (Å²) >= 11 is 0. The van der Waals surface area contributed by atoms with Crippen molar-refractivity contribution in [3.05, 3.63) is 30.0 Å². The summed E-state index contributed by atoms with van der Waals surface area (Å²) in [5.41, 5.74) is 2.10. The van der Waals surface area contributed by atoms with Crippen LogP contribution in [0.1, 0.15) is 25.5 Å². The molecule has 1 aromatic carbocycles. The molecule has 2 aromatic rings. The Balaban J connectivity index is 1.82. The van der Waals surface area contributed by atoms with Crippen molar-refractivity contribution in [1.29, 1.82) is 0 Å². The Morgan fingerprint density at radius 3 is 3.05 bits per heavy atom. The number of hydrogen-bond acceptors (Lipinski definition) is 3. The highest BCUT2D eigenvalue weighted by Gasteiger charge is 2.33. The summed E-state index contributed by atoms with van der Waals surface area (Å²) in [5.74, 6) is 0.237. The van der Waals surface area contributed by atoms with Gasteiger partial charge in [0.1, 0.15) is 0 Å². The highest BCUT2D eigenvalue weighted by molar-refractivity contribution is 5.81. The van der Waals surface area contributed by atoms with Crippen molar-refractivity contribution >= 4 is 10.9 Å². The zero-order chi connectivity index (χ0) is 14.1. The van der Waals surface area contributed by atoms with E-state index in [-0.39, 0.29) is 18.1 Å². The van der Waals surface area contributed by atoms with Crippen LogP contribution in [0.5, 0.6) is 0 Å². The van der Waals surface area contributed by atoms with Gasteiger partial charge in [-0.05, 0) is 18.9 Å². The van der Waals surface area contributed by atoms with E-state index in [9.17, 15) is 5.11 Å².